The summed E-state index contributed by atoms with van der Waals surface area (Å²) in [7, 11) is 0. The van der Waals surface area contributed by atoms with Gasteiger partial charge in [-0.15, -0.1) is 11.3 Å². The third-order valence-electron chi connectivity index (χ3n) is 3.25. The van der Waals surface area contributed by atoms with Gasteiger partial charge in [-0.3, -0.25) is 0 Å². The molecule has 2 atom stereocenters. The minimum Gasteiger partial charge on any atom is -0.370 e. The van der Waals surface area contributed by atoms with Crippen LogP contribution in [0.3, 0.4) is 0 Å². The lowest BCUT2D eigenvalue weighted by Crippen LogP contribution is -2.36. The van der Waals surface area contributed by atoms with Crippen LogP contribution in [0.4, 0.5) is 0 Å². The number of hydrogen-bond acceptors (Lipinski definition) is 3. The molecule has 0 radical (unpaired) electrons. The second-order valence-electron chi connectivity index (χ2n) is 4.47. The van der Waals surface area contributed by atoms with E-state index < -0.39 is 0 Å². The highest BCUT2D eigenvalue weighted by molar-refractivity contribution is 7.20. The highest BCUT2D eigenvalue weighted by Crippen LogP contribution is 2.37. The van der Waals surface area contributed by atoms with Crippen LogP contribution in [0, 0.1) is 0 Å². The van der Waals surface area contributed by atoms with Gasteiger partial charge in [-0.2, -0.15) is 0 Å². The van der Waals surface area contributed by atoms with Gasteiger partial charge < -0.3 is 10.1 Å². The summed E-state index contributed by atoms with van der Waals surface area (Å²) in [6.45, 7) is 1.38. The fourth-order valence-electron chi connectivity index (χ4n) is 2.25. The maximum Gasteiger partial charge on any atom is 0.100 e. The largest absolute Gasteiger partial charge is 0.370 e. The van der Waals surface area contributed by atoms with Crippen LogP contribution in [0.15, 0.2) is 36.4 Å². The van der Waals surface area contributed by atoms with Crippen LogP contribution in [0.1, 0.15) is 23.3 Å². The van der Waals surface area contributed by atoms with Gasteiger partial charge in [0.1, 0.15) is 4.34 Å². The lowest BCUT2D eigenvalue weighted by Gasteiger charge is -2.30. The highest BCUT2D eigenvalue weighted by Gasteiger charge is 2.25. The van der Waals surface area contributed by atoms with Gasteiger partial charge in [-0.05, 0) is 11.6 Å². The molecular weight excluding hydrogens is 301 g/mol. The average Bonchev–Trinajstić information content (AvgIpc) is 2.79. The fraction of sp³-hybridized carbons (Fsp3) is 0.286. The van der Waals surface area contributed by atoms with Crippen molar-refractivity contribution in [3.63, 3.8) is 0 Å². The van der Waals surface area contributed by atoms with Crippen LogP contribution in [0.2, 0.25) is 8.67 Å². The molecule has 2 nitrogen and oxygen atoms in total. The third-order valence-corrected chi connectivity index (χ3v) is 4.76. The van der Waals surface area contributed by atoms with Gasteiger partial charge in [0.15, 0.2) is 0 Å². The standard InChI is InChI=1S/C14H13Cl2NOS/c15-13-6-10(14(16)19-13)12-7-17-11(8-18-12)9-4-2-1-3-5-9/h1-6,11-12,17H,7-8H2. The van der Waals surface area contributed by atoms with Crippen molar-refractivity contribution in [1.29, 1.82) is 0 Å². The van der Waals surface area contributed by atoms with E-state index in [4.69, 9.17) is 27.9 Å². The number of benzene rings is 1. The van der Waals surface area contributed by atoms with E-state index in [1.165, 1.54) is 16.9 Å². The molecule has 1 aliphatic rings. The molecule has 0 aliphatic carbocycles. The Morgan fingerprint density at radius 2 is 2.00 bits per heavy atom. The normalized spacial score (nSPS) is 23.5. The first kappa shape index (κ1) is 13.4. The number of hydrogen-bond donors (Lipinski definition) is 1. The summed E-state index contributed by atoms with van der Waals surface area (Å²) in [5.74, 6) is 0. The second-order valence-corrected chi connectivity index (χ2v) is 6.76. The zero-order chi connectivity index (χ0) is 13.2. The molecule has 3 rings (SSSR count). The molecule has 1 N–H and O–H groups in total. The minimum absolute atomic E-state index is 0.0174. The number of ether oxygens (including phenoxy) is 1. The number of morpholine rings is 1. The van der Waals surface area contributed by atoms with Crippen LogP contribution >= 0.6 is 34.5 Å². The third kappa shape index (κ3) is 2.96. The Morgan fingerprint density at radius 1 is 1.21 bits per heavy atom. The van der Waals surface area contributed by atoms with Gasteiger partial charge in [0, 0.05) is 12.1 Å². The monoisotopic (exact) mass is 313 g/mol. The molecule has 1 fully saturated rings. The van der Waals surface area contributed by atoms with Gasteiger partial charge in [0.25, 0.3) is 0 Å². The van der Waals surface area contributed by atoms with Crippen molar-refractivity contribution in [2.24, 2.45) is 0 Å². The molecule has 2 unspecified atom stereocenters. The summed E-state index contributed by atoms with van der Waals surface area (Å²) in [6, 6.07) is 12.4. The maximum absolute atomic E-state index is 6.16. The van der Waals surface area contributed by atoms with Crippen LogP contribution in [0.25, 0.3) is 0 Å². The van der Waals surface area contributed by atoms with E-state index >= 15 is 0 Å². The van der Waals surface area contributed by atoms with E-state index in [2.05, 4.69) is 17.4 Å². The van der Waals surface area contributed by atoms with E-state index in [9.17, 15) is 0 Å². The Bertz CT molecular complexity index is 550. The minimum atomic E-state index is -0.0174. The fourth-order valence-corrected chi connectivity index (χ4v) is 3.81. The predicted octanol–water partition coefficient (Wildman–Crippen LogP) is 4.46. The maximum atomic E-state index is 6.16. The number of thiophene rings is 1. The molecule has 2 aromatic rings. The lowest BCUT2D eigenvalue weighted by molar-refractivity contribution is 0.00266. The molecule has 1 saturated heterocycles. The molecule has 1 aromatic heterocycles. The van der Waals surface area contributed by atoms with E-state index in [-0.39, 0.29) is 12.1 Å². The smallest absolute Gasteiger partial charge is 0.100 e. The summed E-state index contributed by atoms with van der Waals surface area (Å²) < 4.78 is 7.35. The number of halogens is 2. The Morgan fingerprint density at radius 3 is 2.58 bits per heavy atom. The molecule has 0 amide bonds. The van der Waals surface area contributed by atoms with Crippen molar-refractivity contribution in [3.05, 3.63) is 56.2 Å². The van der Waals surface area contributed by atoms with Crippen molar-refractivity contribution in [3.8, 4) is 0 Å². The Kier molecular flexibility index (Phi) is 4.10. The summed E-state index contributed by atoms with van der Waals surface area (Å²) >= 11 is 13.5. The van der Waals surface area contributed by atoms with E-state index in [1.807, 2.05) is 24.3 Å². The molecular formula is C14H13Cl2NOS. The van der Waals surface area contributed by atoms with E-state index in [0.29, 0.717) is 10.9 Å². The zero-order valence-corrected chi connectivity index (χ0v) is 12.4. The molecule has 19 heavy (non-hydrogen) atoms. The van der Waals surface area contributed by atoms with Gasteiger partial charge in [0.2, 0.25) is 0 Å². The Labute approximate surface area is 126 Å². The number of nitrogens with one attached hydrogen (secondary N) is 1. The summed E-state index contributed by atoms with van der Waals surface area (Å²) in [6.07, 6.45) is -0.0174. The number of rotatable bonds is 2. The van der Waals surface area contributed by atoms with Crippen molar-refractivity contribution < 1.29 is 4.74 Å². The Balaban J connectivity index is 1.68. The topological polar surface area (TPSA) is 21.3 Å². The zero-order valence-electron chi connectivity index (χ0n) is 10.1. The first-order valence-corrected chi connectivity index (χ1v) is 7.66. The van der Waals surface area contributed by atoms with Crippen LogP contribution in [-0.4, -0.2) is 13.2 Å². The molecule has 2 heterocycles. The van der Waals surface area contributed by atoms with Gasteiger partial charge >= 0.3 is 0 Å². The van der Waals surface area contributed by atoms with Crippen LogP contribution in [0.5, 0.6) is 0 Å². The lowest BCUT2D eigenvalue weighted by atomic mass is 10.0. The highest BCUT2D eigenvalue weighted by atomic mass is 35.5. The van der Waals surface area contributed by atoms with Crippen molar-refractivity contribution >= 4 is 34.5 Å². The van der Waals surface area contributed by atoms with Gasteiger partial charge in [-0.25, -0.2) is 0 Å². The summed E-state index contributed by atoms with van der Waals surface area (Å²) in [5.41, 5.74) is 2.23. The molecule has 1 aromatic carbocycles. The molecule has 0 saturated carbocycles. The SMILES string of the molecule is Clc1cc(C2CNC(c3ccccc3)CO2)c(Cl)s1. The van der Waals surface area contributed by atoms with Crippen molar-refractivity contribution in [2.75, 3.05) is 13.2 Å². The van der Waals surface area contributed by atoms with Crippen LogP contribution < -0.4 is 5.32 Å². The summed E-state index contributed by atoms with van der Waals surface area (Å²) in [4.78, 5) is 0. The quantitative estimate of drug-likeness (QED) is 0.884. The molecule has 1 aliphatic heterocycles. The van der Waals surface area contributed by atoms with Crippen LogP contribution in [-0.2, 0) is 4.74 Å². The molecule has 0 bridgehead atoms. The first-order chi connectivity index (χ1) is 9.24. The second kappa shape index (κ2) is 5.81. The van der Waals surface area contributed by atoms with Gasteiger partial charge in [-0.1, -0.05) is 53.5 Å². The Hall–Kier alpha value is -0.580. The predicted molar refractivity (Wildman–Crippen MR) is 80.2 cm³/mol. The molecule has 0 spiro atoms. The van der Waals surface area contributed by atoms with E-state index in [0.717, 1.165) is 16.4 Å². The average molecular weight is 314 g/mol. The molecule has 5 heteroatoms. The molecule has 100 valence electrons. The van der Waals surface area contributed by atoms with Crippen molar-refractivity contribution in [2.45, 2.75) is 12.1 Å². The summed E-state index contributed by atoms with van der Waals surface area (Å²) in [5, 5.41) is 3.50. The van der Waals surface area contributed by atoms with Gasteiger partial charge in [0.05, 0.1) is 23.1 Å². The van der Waals surface area contributed by atoms with E-state index in [1.54, 1.807) is 0 Å². The first-order valence-electron chi connectivity index (χ1n) is 6.08. The van der Waals surface area contributed by atoms with Crippen molar-refractivity contribution in [1.82, 2.24) is 5.32 Å².